The van der Waals surface area contributed by atoms with Crippen LogP contribution >= 0.6 is 15.9 Å². The van der Waals surface area contributed by atoms with Gasteiger partial charge in [-0.15, -0.1) is 0 Å². The van der Waals surface area contributed by atoms with E-state index in [2.05, 4.69) is 34.9 Å². The molecule has 0 saturated heterocycles. The Hall–Kier alpha value is -0.640. The molecule has 0 aromatic carbocycles. The predicted molar refractivity (Wildman–Crippen MR) is 54.7 cm³/mol. The molecule has 0 saturated carbocycles. The number of hydrogen-bond acceptors (Lipinski definition) is 2. The van der Waals surface area contributed by atoms with Crippen LogP contribution < -0.4 is 0 Å². The van der Waals surface area contributed by atoms with Crippen molar-refractivity contribution in [2.75, 3.05) is 0 Å². The molecule has 0 bridgehead atoms. The van der Waals surface area contributed by atoms with Crippen molar-refractivity contribution in [2.45, 2.75) is 33.2 Å². The maximum absolute atomic E-state index is 10.8. The van der Waals surface area contributed by atoms with Crippen LogP contribution in [-0.2, 0) is 11.2 Å². The Morgan fingerprint density at radius 2 is 2.31 bits per heavy atom. The first-order chi connectivity index (χ1) is 6.00. The fourth-order valence-corrected chi connectivity index (χ4v) is 1.88. The highest BCUT2D eigenvalue weighted by Crippen LogP contribution is 2.17. The maximum Gasteiger partial charge on any atom is 0.135 e. The summed E-state index contributed by atoms with van der Waals surface area (Å²) in [6, 6.07) is 2.21. The molecular weight excluding hydrogens is 232 g/mol. The van der Waals surface area contributed by atoms with Gasteiger partial charge in [0.1, 0.15) is 10.4 Å². The van der Waals surface area contributed by atoms with Crippen LogP contribution in [0.4, 0.5) is 0 Å². The Balaban J connectivity index is 2.88. The highest BCUT2D eigenvalue weighted by atomic mass is 79.9. The molecule has 72 valence electrons. The first-order valence-electron chi connectivity index (χ1n) is 4.24. The number of nitrogens with zero attached hydrogens (tertiary/aromatic N) is 2. The largest absolute Gasteiger partial charge is 0.300 e. The lowest BCUT2D eigenvalue weighted by atomic mass is 10.2. The Morgan fingerprint density at radius 3 is 2.69 bits per heavy atom. The molecule has 0 fully saturated rings. The SMILES string of the molecule is CC(=O)Cc1cc(Br)n(C(C)C)n1. The number of carbonyl (C=O) groups is 1. The maximum atomic E-state index is 10.8. The van der Waals surface area contributed by atoms with Gasteiger partial charge in [0.2, 0.25) is 0 Å². The lowest BCUT2D eigenvalue weighted by Gasteiger charge is -2.05. The van der Waals surface area contributed by atoms with Crippen molar-refractivity contribution in [3.05, 3.63) is 16.4 Å². The molecule has 0 N–H and O–H groups in total. The summed E-state index contributed by atoms with van der Waals surface area (Å²) in [5.41, 5.74) is 0.827. The van der Waals surface area contributed by atoms with Gasteiger partial charge in [-0.25, -0.2) is 0 Å². The molecule has 0 aliphatic rings. The second-order valence-electron chi connectivity index (χ2n) is 3.38. The average molecular weight is 245 g/mol. The topological polar surface area (TPSA) is 34.9 Å². The number of aromatic nitrogens is 2. The van der Waals surface area contributed by atoms with Crippen LogP contribution in [0.15, 0.2) is 10.7 Å². The quantitative estimate of drug-likeness (QED) is 0.819. The number of Topliss-reactive ketones (excluding diaryl/α,β-unsaturated/α-hetero) is 1. The summed E-state index contributed by atoms with van der Waals surface area (Å²) in [5, 5.41) is 4.30. The molecule has 0 spiro atoms. The van der Waals surface area contributed by atoms with Crippen molar-refractivity contribution < 1.29 is 4.79 Å². The molecule has 0 aliphatic heterocycles. The predicted octanol–water partition coefficient (Wildman–Crippen LogP) is 2.36. The van der Waals surface area contributed by atoms with Gasteiger partial charge in [-0.05, 0) is 42.8 Å². The number of carbonyl (C=O) groups excluding carboxylic acids is 1. The van der Waals surface area contributed by atoms with Gasteiger partial charge in [0.25, 0.3) is 0 Å². The standard InChI is InChI=1S/C9H13BrN2O/c1-6(2)12-9(10)5-8(11-12)4-7(3)13/h5-6H,4H2,1-3H3. The minimum atomic E-state index is 0.140. The molecule has 1 aromatic rings. The van der Waals surface area contributed by atoms with Gasteiger partial charge in [-0.3, -0.25) is 9.48 Å². The minimum Gasteiger partial charge on any atom is -0.300 e. The lowest BCUT2D eigenvalue weighted by molar-refractivity contribution is -0.116. The molecule has 13 heavy (non-hydrogen) atoms. The zero-order valence-electron chi connectivity index (χ0n) is 8.04. The second kappa shape index (κ2) is 4.05. The zero-order valence-corrected chi connectivity index (χ0v) is 9.63. The summed E-state index contributed by atoms with van der Waals surface area (Å²) < 4.78 is 2.79. The minimum absolute atomic E-state index is 0.140. The number of rotatable bonds is 3. The molecular formula is C9H13BrN2O. The Bertz CT molecular complexity index is 317. The van der Waals surface area contributed by atoms with E-state index >= 15 is 0 Å². The van der Waals surface area contributed by atoms with E-state index in [4.69, 9.17) is 0 Å². The highest BCUT2D eigenvalue weighted by Gasteiger charge is 2.08. The van der Waals surface area contributed by atoms with E-state index in [1.54, 1.807) is 6.92 Å². The molecule has 0 unspecified atom stereocenters. The number of hydrogen-bond donors (Lipinski definition) is 0. The van der Waals surface area contributed by atoms with Crippen molar-refractivity contribution in [3.63, 3.8) is 0 Å². The number of ketones is 1. The van der Waals surface area contributed by atoms with Gasteiger partial charge in [0.15, 0.2) is 0 Å². The molecule has 3 nitrogen and oxygen atoms in total. The van der Waals surface area contributed by atoms with Gasteiger partial charge >= 0.3 is 0 Å². The molecule has 4 heteroatoms. The van der Waals surface area contributed by atoms with Crippen LogP contribution in [0.3, 0.4) is 0 Å². The fraction of sp³-hybridized carbons (Fsp3) is 0.556. The van der Waals surface area contributed by atoms with Crippen LogP contribution in [0.5, 0.6) is 0 Å². The van der Waals surface area contributed by atoms with Gasteiger partial charge in [-0.1, -0.05) is 0 Å². The van der Waals surface area contributed by atoms with E-state index < -0.39 is 0 Å². The van der Waals surface area contributed by atoms with Crippen LogP contribution in [0.1, 0.15) is 32.5 Å². The molecule has 1 rings (SSSR count). The molecule has 0 radical (unpaired) electrons. The van der Waals surface area contributed by atoms with Crippen molar-refractivity contribution in [1.82, 2.24) is 9.78 Å². The summed E-state index contributed by atoms with van der Waals surface area (Å²) in [4.78, 5) is 10.8. The van der Waals surface area contributed by atoms with E-state index in [0.29, 0.717) is 12.5 Å². The lowest BCUT2D eigenvalue weighted by Crippen LogP contribution is -2.04. The van der Waals surface area contributed by atoms with E-state index in [9.17, 15) is 4.79 Å². The van der Waals surface area contributed by atoms with Crippen LogP contribution in [0.25, 0.3) is 0 Å². The van der Waals surface area contributed by atoms with Crippen molar-refractivity contribution in [1.29, 1.82) is 0 Å². The Morgan fingerprint density at radius 1 is 1.69 bits per heavy atom. The first-order valence-corrected chi connectivity index (χ1v) is 5.03. The number of halogens is 1. The third-order valence-corrected chi connectivity index (χ3v) is 2.25. The third-order valence-electron chi connectivity index (χ3n) is 1.66. The second-order valence-corrected chi connectivity index (χ2v) is 4.19. The molecule has 0 atom stereocenters. The normalized spacial score (nSPS) is 10.8. The van der Waals surface area contributed by atoms with Gasteiger partial charge in [-0.2, -0.15) is 5.10 Å². The van der Waals surface area contributed by atoms with Crippen molar-refractivity contribution >= 4 is 21.7 Å². The van der Waals surface area contributed by atoms with Crippen LogP contribution in [0, 0.1) is 0 Å². The Kier molecular flexibility index (Phi) is 3.25. The van der Waals surface area contributed by atoms with E-state index in [1.807, 2.05) is 10.7 Å². The molecule has 0 amide bonds. The summed E-state index contributed by atoms with van der Waals surface area (Å²) in [5.74, 6) is 0.140. The summed E-state index contributed by atoms with van der Waals surface area (Å²) in [6.07, 6.45) is 0.415. The monoisotopic (exact) mass is 244 g/mol. The molecule has 1 heterocycles. The van der Waals surface area contributed by atoms with Gasteiger partial charge in [0, 0.05) is 6.04 Å². The molecule has 1 aromatic heterocycles. The van der Waals surface area contributed by atoms with E-state index in [-0.39, 0.29) is 5.78 Å². The van der Waals surface area contributed by atoms with Gasteiger partial charge < -0.3 is 0 Å². The van der Waals surface area contributed by atoms with Crippen molar-refractivity contribution in [2.24, 2.45) is 0 Å². The van der Waals surface area contributed by atoms with E-state index in [1.165, 1.54) is 0 Å². The molecule has 0 aliphatic carbocycles. The van der Waals surface area contributed by atoms with E-state index in [0.717, 1.165) is 10.3 Å². The zero-order chi connectivity index (χ0) is 10.0. The third kappa shape index (κ3) is 2.66. The smallest absolute Gasteiger partial charge is 0.135 e. The van der Waals surface area contributed by atoms with Crippen molar-refractivity contribution in [3.8, 4) is 0 Å². The van der Waals surface area contributed by atoms with Crippen LogP contribution in [0.2, 0.25) is 0 Å². The Labute approximate surface area is 86.3 Å². The van der Waals surface area contributed by atoms with Crippen LogP contribution in [-0.4, -0.2) is 15.6 Å². The highest BCUT2D eigenvalue weighted by molar-refractivity contribution is 9.10. The summed E-state index contributed by atoms with van der Waals surface area (Å²) in [6.45, 7) is 5.67. The van der Waals surface area contributed by atoms with Gasteiger partial charge in [0.05, 0.1) is 12.1 Å². The summed E-state index contributed by atoms with van der Waals surface area (Å²) >= 11 is 3.40. The summed E-state index contributed by atoms with van der Waals surface area (Å²) in [7, 11) is 0. The average Bonchev–Trinajstić information content (AvgIpc) is 2.29. The fourth-order valence-electron chi connectivity index (χ4n) is 1.12. The first kappa shape index (κ1) is 10.4.